The van der Waals surface area contributed by atoms with Crippen LogP contribution < -0.4 is 11.1 Å². The number of pyridine rings is 1. The second kappa shape index (κ2) is 8.28. The average Bonchev–Trinajstić information content (AvgIpc) is 2.44. The number of hydrogen-bond acceptors (Lipinski definition) is 3. The molecular weight excluding hydrogens is 238 g/mol. The van der Waals surface area contributed by atoms with E-state index in [1.807, 2.05) is 0 Å². The molecule has 1 atom stereocenters. The molecule has 0 aliphatic rings. The third kappa shape index (κ3) is 4.72. The number of rotatable bonds is 5. The van der Waals surface area contributed by atoms with E-state index in [0.29, 0.717) is 11.3 Å². The third-order valence-corrected chi connectivity index (χ3v) is 2.81. The van der Waals surface area contributed by atoms with Gasteiger partial charge in [-0.25, -0.2) is 4.98 Å². The summed E-state index contributed by atoms with van der Waals surface area (Å²) in [6, 6.07) is 3.74. The van der Waals surface area contributed by atoms with Crippen LogP contribution in [0.1, 0.15) is 49.2 Å². The lowest BCUT2D eigenvalue weighted by Gasteiger charge is -2.16. The zero-order valence-electron chi connectivity index (χ0n) is 11.6. The largest absolute Gasteiger partial charge is 0.348 e. The smallest absolute Gasteiger partial charge is 0.271 e. The maximum absolute atomic E-state index is 12.2. The monoisotopic (exact) mass is 259 g/mol. The van der Waals surface area contributed by atoms with Gasteiger partial charge in [-0.05, 0) is 25.0 Å². The standard InChI is InChI=1S/C15H21N3O/c1-3-7-13(4-2)18-15(19)14-12(8-5-10-16)9-6-11-17-14/h6,9,11,13H,3-4,7,10,16H2,1-2H3,(H,18,19). The van der Waals surface area contributed by atoms with Crippen molar-refractivity contribution in [3.63, 3.8) is 0 Å². The van der Waals surface area contributed by atoms with Crippen LogP contribution in [0.5, 0.6) is 0 Å². The van der Waals surface area contributed by atoms with Gasteiger partial charge in [-0.2, -0.15) is 0 Å². The van der Waals surface area contributed by atoms with Crippen molar-refractivity contribution in [3.8, 4) is 11.8 Å². The summed E-state index contributed by atoms with van der Waals surface area (Å²) in [5, 5.41) is 3.00. The molecule has 19 heavy (non-hydrogen) atoms. The molecule has 0 saturated carbocycles. The second-order valence-corrected chi connectivity index (χ2v) is 4.27. The summed E-state index contributed by atoms with van der Waals surface area (Å²) >= 11 is 0. The zero-order chi connectivity index (χ0) is 14.1. The van der Waals surface area contributed by atoms with Gasteiger partial charge in [0.2, 0.25) is 0 Å². The third-order valence-electron chi connectivity index (χ3n) is 2.81. The molecule has 0 radical (unpaired) electrons. The van der Waals surface area contributed by atoms with Crippen molar-refractivity contribution in [2.24, 2.45) is 5.73 Å². The molecular formula is C15H21N3O. The highest BCUT2D eigenvalue weighted by atomic mass is 16.1. The van der Waals surface area contributed by atoms with E-state index in [4.69, 9.17) is 5.73 Å². The van der Waals surface area contributed by atoms with Crippen LogP contribution in [0.4, 0.5) is 0 Å². The Morgan fingerprint density at radius 3 is 2.95 bits per heavy atom. The van der Waals surface area contributed by atoms with Crippen molar-refractivity contribution < 1.29 is 4.79 Å². The highest BCUT2D eigenvalue weighted by Crippen LogP contribution is 2.07. The summed E-state index contributed by atoms with van der Waals surface area (Å²) in [7, 11) is 0. The lowest BCUT2D eigenvalue weighted by molar-refractivity contribution is 0.0928. The number of nitrogens with zero attached hydrogens (tertiary/aromatic N) is 1. The van der Waals surface area contributed by atoms with Crippen LogP contribution in [0.2, 0.25) is 0 Å². The van der Waals surface area contributed by atoms with Crippen molar-refractivity contribution in [3.05, 3.63) is 29.6 Å². The van der Waals surface area contributed by atoms with Crippen molar-refractivity contribution in [1.29, 1.82) is 0 Å². The van der Waals surface area contributed by atoms with E-state index in [-0.39, 0.29) is 18.5 Å². The maximum Gasteiger partial charge on any atom is 0.271 e. The van der Waals surface area contributed by atoms with Crippen LogP contribution in [0.15, 0.2) is 18.3 Å². The van der Waals surface area contributed by atoms with E-state index in [1.165, 1.54) is 0 Å². The number of nitrogens with two attached hydrogens (primary N) is 1. The van der Waals surface area contributed by atoms with Crippen LogP contribution in [-0.4, -0.2) is 23.5 Å². The van der Waals surface area contributed by atoms with Crippen LogP contribution in [0, 0.1) is 11.8 Å². The van der Waals surface area contributed by atoms with Crippen LogP contribution in [0.3, 0.4) is 0 Å². The molecule has 0 spiro atoms. The first-order valence-corrected chi connectivity index (χ1v) is 6.67. The minimum Gasteiger partial charge on any atom is -0.348 e. The summed E-state index contributed by atoms with van der Waals surface area (Å²) in [5.74, 6) is 5.46. The first-order valence-electron chi connectivity index (χ1n) is 6.67. The maximum atomic E-state index is 12.2. The lowest BCUT2D eigenvalue weighted by atomic mass is 10.1. The van der Waals surface area contributed by atoms with Gasteiger partial charge in [0.15, 0.2) is 0 Å². The molecule has 1 aromatic heterocycles. The first-order chi connectivity index (χ1) is 9.22. The molecule has 0 aliphatic heterocycles. The molecule has 0 bridgehead atoms. The fraction of sp³-hybridized carbons (Fsp3) is 0.467. The second-order valence-electron chi connectivity index (χ2n) is 4.27. The minimum atomic E-state index is -0.165. The van der Waals surface area contributed by atoms with Crippen LogP contribution >= 0.6 is 0 Å². The quantitative estimate of drug-likeness (QED) is 0.791. The van der Waals surface area contributed by atoms with Gasteiger partial charge in [-0.1, -0.05) is 32.1 Å². The number of carbonyl (C=O) groups is 1. The lowest BCUT2D eigenvalue weighted by Crippen LogP contribution is -2.35. The molecule has 4 nitrogen and oxygen atoms in total. The summed E-state index contributed by atoms with van der Waals surface area (Å²) in [6.45, 7) is 4.44. The molecule has 1 rings (SSSR count). The summed E-state index contributed by atoms with van der Waals surface area (Å²) in [4.78, 5) is 16.3. The van der Waals surface area contributed by atoms with Gasteiger partial charge in [0, 0.05) is 12.2 Å². The van der Waals surface area contributed by atoms with Gasteiger partial charge < -0.3 is 11.1 Å². The molecule has 102 valence electrons. The predicted octanol–water partition coefficient (Wildman–Crippen LogP) is 1.70. The SMILES string of the molecule is CCCC(CC)NC(=O)c1ncccc1C#CCN. The summed E-state index contributed by atoms with van der Waals surface area (Å²) in [5.41, 5.74) is 6.34. The van der Waals surface area contributed by atoms with E-state index in [0.717, 1.165) is 19.3 Å². The normalized spacial score (nSPS) is 11.3. The van der Waals surface area contributed by atoms with Gasteiger partial charge in [0.05, 0.1) is 12.1 Å². The number of nitrogens with one attached hydrogen (secondary N) is 1. The van der Waals surface area contributed by atoms with Gasteiger partial charge in [0.1, 0.15) is 5.69 Å². The first kappa shape index (κ1) is 15.2. The number of carbonyl (C=O) groups excluding carboxylic acids is 1. The molecule has 3 N–H and O–H groups in total. The summed E-state index contributed by atoms with van der Waals surface area (Å²) in [6.07, 6.45) is 4.53. The van der Waals surface area contributed by atoms with Crippen molar-refractivity contribution in [2.45, 2.75) is 39.2 Å². The van der Waals surface area contributed by atoms with Crippen molar-refractivity contribution in [2.75, 3.05) is 6.54 Å². The molecule has 1 unspecified atom stereocenters. The molecule has 1 aromatic rings. The van der Waals surface area contributed by atoms with E-state index >= 15 is 0 Å². The molecule has 0 fully saturated rings. The van der Waals surface area contributed by atoms with E-state index in [2.05, 4.69) is 36.0 Å². The van der Waals surface area contributed by atoms with Crippen LogP contribution in [-0.2, 0) is 0 Å². The predicted molar refractivity (Wildman–Crippen MR) is 76.6 cm³/mol. The van der Waals surface area contributed by atoms with E-state index < -0.39 is 0 Å². The number of amides is 1. The Balaban J connectivity index is 2.87. The molecule has 1 amide bonds. The van der Waals surface area contributed by atoms with E-state index in [9.17, 15) is 4.79 Å². The van der Waals surface area contributed by atoms with Gasteiger partial charge >= 0.3 is 0 Å². The number of aromatic nitrogens is 1. The Morgan fingerprint density at radius 2 is 2.32 bits per heavy atom. The van der Waals surface area contributed by atoms with Gasteiger partial charge in [-0.15, -0.1) is 0 Å². The molecule has 4 heteroatoms. The van der Waals surface area contributed by atoms with Gasteiger partial charge in [-0.3, -0.25) is 4.79 Å². The topological polar surface area (TPSA) is 68.0 Å². The Hall–Kier alpha value is -1.86. The summed E-state index contributed by atoms with van der Waals surface area (Å²) < 4.78 is 0. The molecule has 0 aliphatic carbocycles. The Morgan fingerprint density at radius 1 is 1.53 bits per heavy atom. The Labute approximate surface area is 114 Å². The Kier molecular flexibility index (Phi) is 6.62. The highest BCUT2D eigenvalue weighted by molar-refractivity contribution is 5.94. The van der Waals surface area contributed by atoms with Crippen molar-refractivity contribution in [1.82, 2.24) is 10.3 Å². The fourth-order valence-electron chi connectivity index (χ4n) is 1.81. The van der Waals surface area contributed by atoms with Crippen LogP contribution in [0.25, 0.3) is 0 Å². The minimum absolute atomic E-state index is 0.165. The fourth-order valence-corrected chi connectivity index (χ4v) is 1.81. The van der Waals surface area contributed by atoms with E-state index in [1.54, 1.807) is 18.3 Å². The average molecular weight is 259 g/mol. The number of hydrogen-bond donors (Lipinski definition) is 2. The highest BCUT2D eigenvalue weighted by Gasteiger charge is 2.15. The molecule has 1 heterocycles. The molecule has 0 saturated heterocycles. The molecule has 0 aromatic carbocycles. The van der Waals surface area contributed by atoms with Gasteiger partial charge in [0.25, 0.3) is 5.91 Å². The zero-order valence-corrected chi connectivity index (χ0v) is 11.6. The van der Waals surface area contributed by atoms with Crippen molar-refractivity contribution >= 4 is 5.91 Å². The Bertz CT molecular complexity index is 474.